The standard InChI is InChI=1S/C20H24FN3O5S/c1-12(2)29-18-6-4-15(30(26,27)24-14-8-9-28-11-14)10-16(18)20(25)23-19-7-5-17(21)13(3)22-19/h4-7,10,12,14,24H,8-9,11H2,1-3H3,(H,22,23,25)/t14-/m0/s1. The molecule has 3 rings (SSSR count). The first-order valence-corrected chi connectivity index (χ1v) is 11.0. The number of carbonyl (C=O) groups is 1. The van der Waals surface area contributed by atoms with Crippen molar-refractivity contribution in [2.24, 2.45) is 0 Å². The van der Waals surface area contributed by atoms with Gasteiger partial charge in [-0.2, -0.15) is 0 Å². The van der Waals surface area contributed by atoms with Crippen molar-refractivity contribution in [3.05, 3.63) is 47.4 Å². The summed E-state index contributed by atoms with van der Waals surface area (Å²) in [4.78, 5) is 16.8. The van der Waals surface area contributed by atoms with E-state index in [1.165, 1.54) is 37.3 Å². The van der Waals surface area contributed by atoms with Gasteiger partial charge >= 0.3 is 0 Å². The van der Waals surface area contributed by atoms with Crippen molar-refractivity contribution in [1.82, 2.24) is 9.71 Å². The number of halogens is 1. The Morgan fingerprint density at radius 1 is 1.30 bits per heavy atom. The minimum atomic E-state index is -3.86. The van der Waals surface area contributed by atoms with E-state index in [1.54, 1.807) is 13.8 Å². The van der Waals surface area contributed by atoms with E-state index in [4.69, 9.17) is 9.47 Å². The highest BCUT2D eigenvalue weighted by Crippen LogP contribution is 2.25. The van der Waals surface area contributed by atoms with E-state index in [-0.39, 0.29) is 39.9 Å². The third kappa shape index (κ3) is 5.32. The number of aryl methyl sites for hydroxylation is 1. The van der Waals surface area contributed by atoms with Crippen molar-refractivity contribution in [2.45, 2.75) is 44.2 Å². The van der Waals surface area contributed by atoms with Crippen LogP contribution in [0.1, 0.15) is 36.3 Å². The Morgan fingerprint density at radius 3 is 2.70 bits per heavy atom. The van der Waals surface area contributed by atoms with Gasteiger partial charge in [0.05, 0.1) is 28.9 Å². The van der Waals surface area contributed by atoms with Crippen molar-refractivity contribution in [2.75, 3.05) is 18.5 Å². The van der Waals surface area contributed by atoms with Crippen molar-refractivity contribution in [3.63, 3.8) is 0 Å². The number of amides is 1. The van der Waals surface area contributed by atoms with Gasteiger partial charge in [0.1, 0.15) is 17.4 Å². The van der Waals surface area contributed by atoms with Crippen LogP contribution in [0.25, 0.3) is 0 Å². The largest absolute Gasteiger partial charge is 0.490 e. The number of aromatic nitrogens is 1. The van der Waals surface area contributed by atoms with Crippen LogP contribution in [0.15, 0.2) is 35.2 Å². The Kier molecular flexibility index (Phi) is 6.69. The molecule has 2 aromatic rings. The van der Waals surface area contributed by atoms with Gasteiger partial charge in [0.2, 0.25) is 10.0 Å². The van der Waals surface area contributed by atoms with Crippen LogP contribution >= 0.6 is 0 Å². The van der Waals surface area contributed by atoms with Crippen LogP contribution in [0.5, 0.6) is 5.75 Å². The highest BCUT2D eigenvalue weighted by atomic mass is 32.2. The minimum Gasteiger partial charge on any atom is -0.490 e. The number of benzene rings is 1. The van der Waals surface area contributed by atoms with E-state index in [0.29, 0.717) is 19.6 Å². The van der Waals surface area contributed by atoms with Crippen LogP contribution in [-0.2, 0) is 14.8 Å². The molecule has 0 bridgehead atoms. The minimum absolute atomic E-state index is 0.0259. The molecule has 0 aliphatic carbocycles. The first-order valence-electron chi connectivity index (χ1n) is 9.51. The number of sulfonamides is 1. The number of hydrogen-bond donors (Lipinski definition) is 2. The number of ether oxygens (including phenoxy) is 2. The molecule has 0 unspecified atom stereocenters. The van der Waals surface area contributed by atoms with E-state index < -0.39 is 21.7 Å². The lowest BCUT2D eigenvalue weighted by Gasteiger charge is -2.17. The van der Waals surface area contributed by atoms with Gasteiger partial charge in [-0.15, -0.1) is 0 Å². The van der Waals surface area contributed by atoms with Crippen LogP contribution in [0, 0.1) is 12.7 Å². The second-order valence-electron chi connectivity index (χ2n) is 7.22. The Bertz CT molecular complexity index is 1040. The predicted octanol–water partition coefficient (Wildman–Crippen LogP) is 2.64. The normalized spacial score (nSPS) is 16.6. The molecule has 0 saturated carbocycles. The van der Waals surface area contributed by atoms with E-state index in [0.717, 1.165) is 0 Å². The Morgan fingerprint density at radius 2 is 2.07 bits per heavy atom. The molecule has 1 aromatic heterocycles. The topological polar surface area (TPSA) is 107 Å². The first-order chi connectivity index (χ1) is 14.2. The monoisotopic (exact) mass is 437 g/mol. The Hall–Kier alpha value is -2.56. The smallest absolute Gasteiger partial charge is 0.260 e. The average Bonchev–Trinajstić information content (AvgIpc) is 3.16. The van der Waals surface area contributed by atoms with Gasteiger partial charge in [-0.05, 0) is 57.5 Å². The van der Waals surface area contributed by atoms with Crippen molar-refractivity contribution in [3.8, 4) is 5.75 Å². The molecule has 1 aromatic carbocycles. The SMILES string of the molecule is Cc1nc(NC(=O)c2cc(S(=O)(=O)N[C@H]3CCOC3)ccc2OC(C)C)ccc1F. The van der Waals surface area contributed by atoms with Gasteiger partial charge in [0, 0.05) is 12.6 Å². The number of pyridine rings is 1. The quantitative estimate of drug-likeness (QED) is 0.690. The maximum Gasteiger partial charge on any atom is 0.260 e. The summed E-state index contributed by atoms with van der Waals surface area (Å²) in [6, 6.07) is 6.28. The van der Waals surface area contributed by atoms with Gasteiger partial charge in [-0.25, -0.2) is 22.5 Å². The molecule has 8 nitrogen and oxygen atoms in total. The molecular formula is C20H24FN3O5S. The molecule has 1 amide bonds. The summed E-state index contributed by atoms with van der Waals surface area (Å²) in [5, 5.41) is 2.56. The van der Waals surface area contributed by atoms with Crippen LogP contribution < -0.4 is 14.8 Å². The van der Waals surface area contributed by atoms with Crippen molar-refractivity contribution in [1.29, 1.82) is 0 Å². The summed E-state index contributed by atoms with van der Waals surface area (Å²) in [7, 11) is -3.86. The molecule has 1 atom stereocenters. The van der Waals surface area contributed by atoms with E-state index >= 15 is 0 Å². The second-order valence-corrected chi connectivity index (χ2v) is 8.94. The summed E-state index contributed by atoms with van der Waals surface area (Å²) in [6.45, 7) is 5.85. The van der Waals surface area contributed by atoms with Gasteiger partial charge in [-0.1, -0.05) is 0 Å². The number of nitrogens with one attached hydrogen (secondary N) is 2. The van der Waals surface area contributed by atoms with E-state index in [2.05, 4.69) is 15.0 Å². The molecule has 1 saturated heterocycles. The van der Waals surface area contributed by atoms with Crippen LogP contribution in [-0.4, -0.2) is 44.7 Å². The Labute approximate surface area is 174 Å². The third-order valence-electron chi connectivity index (χ3n) is 4.38. The number of carbonyl (C=O) groups excluding carboxylic acids is 1. The number of nitrogens with zero attached hydrogens (tertiary/aromatic N) is 1. The first kappa shape index (κ1) is 22.1. The molecule has 2 heterocycles. The zero-order chi connectivity index (χ0) is 21.9. The molecule has 0 spiro atoms. The van der Waals surface area contributed by atoms with Crippen LogP contribution in [0.2, 0.25) is 0 Å². The molecule has 2 N–H and O–H groups in total. The Balaban J connectivity index is 1.91. The van der Waals surface area contributed by atoms with Crippen LogP contribution in [0.3, 0.4) is 0 Å². The van der Waals surface area contributed by atoms with E-state index in [9.17, 15) is 17.6 Å². The zero-order valence-electron chi connectivity index (χ0n) is 16.9. The van der Waals surface area contributed by atoms with Gasteiger partial charge in [-0.3, -0.25) is 4.79 Å². The average molecular weight is 437 g/mol. The molecule has 1 aliphatic rings. The highest BCUT2D eigenvalue weighted by Gasteiger charge is 2.26. The third-order valence-corrected chi connectivity index (χ3v) is 5.90. The molecule has 1 fully saturated rings. The summed E-state index contributed by atoms with van der Waals surface area (Å²) in [6.07, 6.45) is 0.343. The number of hydrogen-bond acceptors (Lipinski definition) is 6. The molecule has 162 valence electrons. The van der Waals surface area contributed by atoms with Gasteiger partial charge in [0.25, 0.3) is 5.91 Å². The lowest BCUT2D eigenvalue weighted by molar-refractivity contribution is 0.102. The summed E-state index contributed by atoms with van der Waals surface area (Å²) >= 11 is 0. The van der Waals surface area contributed by atoms with Gasteiger partial charge in [0.15, 0.2) is 0 Å². The fourth-order valence-corrected chi connectivity index (χ4v) is 4.20. The molecule has 30 heavy (non-hydrogen) atoms. The molecule has 0 radical (unpaired) electrons. The maximum absolute atomic E-state index is 13.4. The summed E-state index contributed by atoms with van der Waals surface area (Å²) < 4.78 is 52.4. The van der Waals surface area contributed by atoms with E-state index in [1.807, 2.05) is 0 Å². The second kappa shape index (κ2) is 9.07. The molecule has 10 heteroatoms. The fourth-order valence-electron chi connectivity index (χ4n) is 2.92. The maximum atomic E-state index is 13.4. The molecular weight excluding hydrogens is 413 g/mol. The van der Waals surface area contributed by atoms with Gasteiger partial charge < -0.3 is 14.8 Å². The summed E-state index contributed by atoms with van der Waals surface area (Å²) in [5.41, 5.74) is 0.156. The number of anilines is 1. The predicted molar refractivity (Wildman–Crippen MR) is 109 cm³/mol. The lowest BCUT2D eigenvalue weighted by Crippen LogP contribution is -2.35. The summed E-state index contributed by atoms with van der Waals surface area (Å²) in [5.74, 6) is -0.745. The highest BCUT2D eigenvalue weighted by molar-refractivity contribution is 7.89. The van der Waals surface area contributed by atoms with Crippen molar-refractivity contribution >= 4 is 21.7 Å². The fraction of sp³-hybridized carbons (Fsp3) is 0.400. The molecule has 1 aliphatic heterocycles. The lowest BCUT2D eigenvalue weighted by atomic mass is 10.2. The van der Waals surface area contributed by atoms with Crippen LogP contribution in [0.4, 0.5) is 10.2 Å². The van der Waals surface area contributed by atoms with Crippen molar-refractivity contribution < 1.29 is 27.1 Å². The zero-order valence-corrected chi connectivity index (χ0v) is 17.8. The number of rotatable bonds is 7.